The summed E-state index contributed by atoms with van der Waals surface area (Å²) in [6.07, 6.45) is -2.72. The number of hydrogen-bond acceptors (Lipinski definition) is 5. The molecule has 0 saturated heterocycles. The number of nitrogens with two attached hydrogens (primary N) is 1. The van der Waals surface area contributed by atoms with Gasteiger partial charge in [-0.15, -0.1) is 0 Å². The molecule has 3 N–H and O–H groups in total. The summed E-state index contributed by atoms with van der Waals surface area (Å²) < 4.78 is 40.1. The van der Waals surface area contributed by atoms with E-state index in [0.29, 0.717) is 17.7 Å². The van der Waals surface area contributed by atoms with Gasteiger partial charge in [-0.2, -0.15) is 18.2 Å². The van der Waals surface area contributed by atoms with Crippen LogP contribution in [0.2, 0.25) is 0 Å². The molecule has 0 bridgehead atoms. The third-order valence-corrected chi connectivity index (χ3v) is 3.18. The molecule has 8 heteroatoms. The minimum Gasteiger partial charge on any atom is -0.368 e. The number of nitrogen functional groups attached to an aromatic ring is 1. The first-order valence-corrected chi connectivity index (χ1v) is 6.70. The van der Waals surface area contributed by atoms with E-state index in [-0.39, 0.29) is 17.5 Å². The van der Waals surface area contributed by atoms with Crippen LogP contribution in [0.5, 0.6) is 0 Å². The summed E-state index contributed by atoms with van der Waals surface area (Å²) in [5, 5.41) is 2.42. The van der Waals surface area contributed by atoms with E-state index < -0.39 is 12.2 Å². The molecule has 0 aliphatic carbocycles. The molecule has 2 rings (SSSR count). The van der Waals surface area contributed by atoms with Gasteiger partial charge < -0.3 is 11.1 Å². The van der Waals surface area contributed by atoms with Crippen molar-refractivity contribution in [1.82, 2.24) is 15.0 Å². The Hall–Kier alpha value is -2.38. The van der Waals surface area contributed by atoms with Gasteiger partial charge in [0.2, 0.25) is 5.95 Å². The van der Waals surface area contributed by atoms with E-state index in [1.165, 1.54) is 18.3 Å². The summed E-state index contributed by atoms with van der Waals surface area (Å²) in [6.45, 7) is 3.50. The lowest BCUT2D eigenvalue weighted by Crippen LogP contribution is -2.29. The Balaban J connectivity index is 2.45. The second kappa shape index (κ2) is 6.17. The maximum atomic E-state index is 13.4. The van der Waals surface area contributed by atoms with Crippen LogP contribution < -0.4 is 11.1 Å². The number of halogens is 3. The number of aryl methyl sites for hydroxylation is 1. The Morgan fingerprint density at radius 2 is 2.00 bits per heavy atom. The van der Waals surface area contributed by atoms with E-state index in [9.17, 15) is 13.2 Å². The van der Waals surface area contributed by atoms with Gasteiger partial charge in [0.05, 0.1) is 5.69 Å². The summed E-state index contributed by atoms with van der Waals surface area (Å²) in [7, 11) is 0. The lowest BCUT2D eigenvalue weighted by molar-refractivity contribution is -0.144. The summed E-state index contributed by atoms with van der Waals surface area (Å²) in [5.74, 6) is 0.0135. The number of aromatic nitrogens is 3. The predicted octanol–water partition coefficient (Wildman–Crippen LogP) is 3.04. The highest BCUT2D eigenvalue weighted by atomic mass is 19.4. The Kier molecular flexibility index (Phi) is 4.48. The Morgan fingerprint density at radius 3 is 2.55 bits per heavy atom. The van der Waals surface area contributed by atoms with Gasteiger partial charge in [0.25, 0.3) is 0 Å². The van der Waals surface area contributed by atoms with Crippen LogP contribution in [0.25, 0.3) is 0 Å². The monoisotopic (exact) mass is 311 g/mol. The number of nitrogens with one attached hydrogen (secondary N) is 1. The summed E-state index contributed by atoms with van der Waals surface area (Å²) >= 11 is 0. The van der Waals surface area contributed by atoms with E-state index in [0.717, 1.165) is 0 Å². The molecule has 0 radical (unpaired) electrons. The first-order chi connectivity index (χ1) is 10.3. The van der Waals surface area contributed by atoms with Crippen LogP contribution in [0.3, 0.4) is 0 Å². The minimum absolute atomic E-state index is 0.0702. The number of nitrogens with zero attached hydrogens (tertiary/aromatic N) is 3. The Labute approximate surface area is 125 Å². The molecular formula is C14H16F3N5. The fourth-order valence-electron chi connectivity index (χ4n) is 2.17. The molecule has 22 heavy (non-hydrogen) atoms. The zero-order valence-corrected chi connectivity index (χ0v) is 12.1. The summed E-state index contributed by atoms with van der Waals surface area (Å²) in [4.78, 5) is 11.7. The van der Waals surface area contributed by atoms with Crippen molar-refractivity contribution < 1.29 is 13.2 Å². The summed E-state index contributed by atoms with van der Waals surface area (Å²) in [5.41, 5.74) is 6.57. The fraction of sp³-hybridized carbons (Fsp3) is 0.357. The topological polar surface area (TPSA) is 76.7 Å². The van der Waals surface area contributed by atoms with Gasteiger partial charge in [0.1, 0.15) is 5.82 Å². The molecule has 1 unspecified atom stereocenters. The van der Waals surface area contributed by atoms with E-state index >= 15 is 0 Å². The molecule has 0 fully saturated rings. The maximum absolute atomic E-state index is 13.4. The molecule has 2 heterocycles. The van der Waals surface area contributed by atoms with Crippen molar-refractivity contribution in [2.24, 2.45) is 0 Å². The summed E-state index contributed by atoms with van der Waals surface area (Å²) in [6, 6.07) is 2.41. The van der Waals surface area contributed by atoms with Crippen LogP contribution in [0, 0.1) is 6.92 Å². The van der Waals surface area contributed by atoms with Crippen LogP contribution in [-0.2, 0) is 6.42 Å². The fourth-order valence-corrected chi connectivity index (χ4v) is 2.17. The predicted molar refractivity (Wildman–Crippen MR) is 77.2 cm³/mol. The van der Waals surface area contributed by atoms with Gasteiger partial charge in [-0.1, -0.05) is 13.0 Å². The molecule has 2 aromatic heterocycles. The second-order valence-corrected chi connectivity index (χ2v) is 4.72. The third kappa shape index (κ3) is 3.44. The van der Waals surface area contributed by atoms with E-state index in [1.807, 2.05) is 6.92 Å². The van der Waals surface area contributed by atoms with Crippen molar-refractivity contribution >= 4 is 11.8 Å². The molecule has 118 valence electrons. The molecule has 0 aromatic carbocycles. The molecular weight excluding hydrogens is 295 g/mol. The van der Waals surface area contributed by atoms with E-state index in [2.05, 4.69) is 20.3 Å². The average molecular weight is 311 g/mol. The van der Waals surface area contributed by atoms with E-state index in [4.69, 9.17) is 5.73 Å². The van der Waals surface area contributed by atoms with Crippen molar-refractivity contribution in [1.29, 1.82) is 0 Å². The highest BCUT2D eigenvalue weighted by Crippen LogP contribution is 2.35. The number of pyridine rings is 1. The van der Waals surface area contributed by atoms with Gasteiger partial charge in [-0.05, 0) is 25.5 Å². The Morgan fingerprint density at radius 1 is 1.27 bits per heavy atom. The average Bonchev–Trinajstić information content (AvgIpc) is 2.44. The molecule has 0 saturated carbocycles. The molecule has 1 atom stereocenters. The van der Waals surface area contributed by atoms with Crippen molar-refractivity contribution in [2.75, 3.05) is 11.1 Å². The molecule has 0 amide bonds. The standard InChI is InChI=1S/C14H16F3N5/c1-3-9-8(2)20-13(18)22-12(9)21-11(14(15,16)17)10-6-4-5-7-19-10/h4-7,11H,3H2,1-2H3,(H3,18,20,21,22). The zero-order valence-electron chi connectivity index (χ0n) is 12.1. The van der Waals surface area contributed by atoms with Gasteiger partial charge in [-0.3, -0.25) is 4.98 Å². The van der Waals surface area contributed by atoms with Gasteiger partial charge in [0, 0.05) is 17.5 Å². The molecule has 2 aromatic rings. The molecule has 0 aliphatic heterocycles. The van der Waals surface area contributed by atoms with Crippen LogP contribution in [0.1, 0.15) is 29.9 Å². The minimum atomic E-state index is -4.52. The Bertz CT molecular complexity index is 643. The van der Waals surface area contributed by atoms with Gasteiger partial charge >= 0.3 is 6.18 Å². The van der Waals surface area contributed by atoms with Crippen molar-refractivity contribution in [3.05, 3.63) is 41.3 Å². The first-order valence-electron chi connectivity index (χ1n) is 6.70. The van der Waals surface area contributed by atoms with Gasteiger partial charge in [0.15, 0.2) is 6.04 Å². The van der Waals surface area contributed by atoms with Crippen molar-refractivity contribution in [2.45, 2.75) is 32.5 Å². The molecule has 0 spiro atoms. The third-order valence-electron chi connectivity index (χ3n) is 3.18. The second-order valence-electron chi connectivity index (χ2n) is 4.72. The number of alkyl halides is 3. The highest BCUT2D eigenvalue weighted by molar-refractivity contribution is 5.51. The van der Waals surface area contributed by atoms with Crippen LogP contribution in [-0.4, -0.2) is 21.1 Å². The lowest BCUT2D eigenvalue weighted by Gasteiger charge is -2.23. The number of anilines is 2. The van der Waals surface area contributed by atoms with E-state index in [1.54, 1.807) is 13.0 Å². The van der Waals surface area contributed by atoms with Crippen molar-refractivity contribution in [3.63, 3.8) is 0 Å². The number of hydrogen-bond donors (Lipinski definition) is 2. The number of rotatable bonds is 4. The highest BCUT2D eigenvalue weighted by Gasteiger charge is 2.42. The quantitative estimate of drug-likeness (QED) is 0.907. The normalized spacial score (nSPS) is 13.0. The smallest absolute Gasteiger partial charge is 0.368 e. The molecule has 5 nitrogen and oxygen atoms in total. The maximum Gasteiger partial charge on any atom is 0.414 e. The zero-order chi connectivity index (χ0) is 16.3. The first kappa shape index (κ1) is 16.0. The largest absolute Gasteiger partial charge is 0.414 e. The SMILES string of the molecule is CCc1c(C)nc(N)nc1NC(c1ccccn1)C(F)(F)F. The van der Waals surface area contributed by atoms with Crippen LogP contribution >= 0.6 is 0 Å². The molecule has 0 aliphatic rings. The van der Waals surface area contributed by atoms with Crippen LogP contribution in [0.15, 0.2) is 24.4 Å². The van der Waals surface area contributed by atoms with Crippen molar-refractivity contribution in [3.8, 4) is 0 Å². The lowest BCUT2D eigenvalue weighted by atomic mass is 10.1. The van der Waals surface area contributed by atoms with Gasteiger partial charge in [-0.25, -0.2) is 4.98 Å². The van der Waals surface area contributed by atoms with Crippen LogP contribution in [0.4, 0.5) is 24.9 Å².